The molecule has 20 heavy (non-hydrogen) atoms. The SMILES string of the molecule is CCOC1(c2ncc(CN)c(N)n2)CCC(C)(C)CC1. The lowest BCUT2D eigenvalue weighted by molar-refractivity contribution is -0.0947. The molecule has 0 bridgehead atoms. The van der Waals surface area contributed by atoms with Crippen molar-refractivity contribution < 1.29 is 4.74 Å². The fourth-order valence-corrected chi connectivity index (χ4v) is 2.84. The molecule has 0 aliphatic heterocycles. The second-order valence-electron chi connectivity index (χ2n) is 6.40. The van der Waals surface area contributed by atoms with E-state index in [4.69, 9.17) is 16.2 Å². The van der Waals surface area contributed by atoms with Gasteiger partial charge >= 0.3 is 0 Å². The summed E-state index contributed by atoms with van der Waals surface area (Å²) < 4.78 is 6.07. The molecule has 1 fully saturated rings. The van der Waals surface area contributed by atoms with E-state index >= 15 is 0 Å². The van der Waals surface area contributed by atoms with Crippen LogP contribution in [0.3, 0.4) is 0 Å². The van der Waals surface area contributed by atoms with Crippen molar-refractivity contribution in [2.75, 3.05) is 12.3 Å². The van der Waals surface area contributed by atoms with Crippen LogP contribution in [0.5, 0.6) is 0 Å². The van der Waals surface area contributed by atoms with Crippen molar-refractivity contribution in [1.29, 1.82) is 0 Å². The van der Waals surface area contributed by atoms with Gasteiger partial charge in [0.2, 0.25) is 0 Å². The van der Waals surface area contributed by atoms with Gasteiger partial charge in [0.25, 0.3) is 0 Å². The molecule has 1 aromatic rings. The van der Waals surface area contributed by atoms with Gasteiger partial charge < -0.3 is 16.2 Å². The topological polar surface area (TPSA) is 87.0 Å². The highest BCUT2D eigenvalue weighted by Gasteiger charge is 2.42. The van der Waals surface area contributed by atoms with Crippen molar-refractivity contribution in [3.05, 3.63) is 17.6 Å². The van der Waals surface area contributed by atoms with E-state index in [1.807, 2.05) is 6.92 Å². The van der Waals surface area contributed by atoms with E-state index in [0.717, 1.165) is 31.2 Å². The standard InChI is InChI=1S/C15H26N4O/c1-4-20-15(7-5-14(2,3)6-8-15)13-18-10-11(9-16)12(17)19-13/h10H,4-9,16H2,1-3H3,(H2,17,18,19). The maximum atomic E-state index is 6.07. The number of ether oxygens (including phenoxy) is 1. The lowest BCUT2D eigenvalue weighted by Gasteiger charge is -2.42. The summed E-state index contributed by atoms with van der Waals surface area (Å²) in [6.07, 6.45) is 5.83. The second-order valence-corrected chi connectivity index (χ2v) is 6.40. The fraction of sp³-hybridized carbons (Fsp3) is 0.733. The zero-order valence-electron chi connectivity index (χ0n) is 12.8. The molecule has 112 valence electrons. The Morgan fingerprint density at radius 1 is 1.25 bits per heavy atom. The Hall–Kier alpha value is -1.20. The summed E-state index contributed by atoms with van der Waals surface area (Å²) in [4.78, 5) is 8.94. The van der Waals surface area contributed by atoms with Crippen molar-refractivity contribution in [2.24, 2.45) is 11.1 Å². The second kappa shape index (κ2) is 5.66. The van der Waals surface area contributed by atoms with Crippen LogP contribution in [0.1, 0.15) is 57.8 Å². The molecule has 2 rings (SSSR count). The maximum absolute atomic E-state index is 6.07. The number of hydrogen-bond acceptors (Lipinski definition) is 5. The van der Waals surface area contributed by atoms with Gasteiger partial charge in [0.15, 0.2) is 5.82 Å². The normalized spacial score (nSPS) is 20.8. The van der Waals surface area contributed by atoms with Crippen LogP contribution in [-0.2, 0) is 16.9 Å². The van der Waals surface area contributed by atoms with Crippen LogP contribution in [0, 0.1) is 5.41 Å². The highest BCUT2D eigenvalue weighted by molar-refractivity contribution is 5.38. The molecular formula is C15H26N4O. The molecule has 0 aromatic carbocycles. The highest BCUT2D eigenvalue weighted by atomic mass is 16.5. The number of aromatic nitrogens is 2. The van der Waals surface area contributed by atoms with E-state index in [2.05, 4.69) is 23.8 Å². The van der Waals surface area contributed by atoms with Gasteiger partial charge in [-0.15, -0.1) is 0 Å². The minimum atomic E-state index is -0.383. The van der Waals surface area contributed by atoms with Crippen LogP contribution in [0.4, 0.5) is 5.82 Å². The largest absolute Gasteiger partial charge is 0.383 e. The molecule has 4 N–H and O–H groups in total. The zero-order chi connectivity index (χ0) is 14.8. The molecule has 0 amide bonds. The van der Waals surface area contributed by atoms with Crippen LogP contribution in [0.2, 0.25) is 0 Å². The first-order chi connectivity index (χ1) is 9.42. The predicted molar refractivity (Wildman–Crippen MR) is 79.9 cm³/mol. The van der Waals surface area contributed by atoms with Gasteiger partial charge in [-0.05, 0) is 38.0 Å². The monoisotopic (exact) mass is 278 g/mol. The van der Waals surface area contributed by atoms with E-state index in [9.17, 15) is 0 Å². The van der Waals surface area contributed by atoms with E-state index in [-0.39, 0.29) is 5.60 Å². The van der Waals surface area contributed by atoms with E-state index < -0.39 is 0 Å². The van der Waals surface area contributed by atoms with Crippen LogP contribution in [-0.4, -0.2) is 16.6 Å². The molecule has 0 saturated heterocycles. The van der Waals surface area contributed by atoms with Gasteiger partial charge in [0, 0.05) is 24.9 Å². The molecule has 0 spiro atoms. The lowest BCUT2D eigenvalue weighted by Crippen LogP contribution is -2.39. The summed E-state index contributed by atoms with van der Waals surface area (Å²) in [5, 5.41) is 0. The summed E-state index contributed by atoms with van der Waals surface area (Å²) in [6.45, 7) is 7.63. The van der Waals surface area contributed by atoms with E-state index in [0.29, 0.717) is 30.2 Å². The number of anilines is 1. The smallest absolute Gasteiger partial charge is 0.162 e. The molecule has 5 heteroatoms. The van der Waals surface area contributed by atoms with Crippen molar-refractivity contribution in [3.8, 4) is 0 Å². The molecule has 0 radical (unpaired) electrons. The molecule has 1 aromatic heterocycles. The quantitative estimate of drug-likeness (QED) is 0.882. The Balaban J connectivity index is 2.31. The number of rotatable bonds is 4. The molecule has 0 unspecified atom stereocenters. The first-order valence-corrected chi connectivity index (χ1v) is 7.38. The zero-order valence-corrected chi connectivity index (χ0v) is 12.8. The molecular weight excluding hydrogens is 252 g/mol. The first-order valence-electron chi connectivity index (χ1n) is 7.38. The summed E-state index contributed by atoms with van der Waals surface area (Å²) in [5.74, 6) is 1.19. The number of nitrogen functional groups attached to an aromatic ring is 1. The third-order valence-corrected chi connectivity index (χ3v) is 4.36. The summed E-state index contributed by atoms with van der Waals surface area (Å²) in [5.41, 5.74) is 12.3. The van der Waals surface area contributed by atoms with Crippen molar-refractivity contribution in [3.63, 3.8) is 0 Å². The predicted octanol–water partition coefficient (Wildman–Crippen LogP) is 2.35. The molecule has 1 aliphatic carbocycles. The van der Waals surface area contributed by atoms with Crippen molar-refractivity contribution in [2.45, 2.75) is 58.6 Å². The summed E-state index contributed by atoms with van der Waals surface area (Å²) in [7, 11) is 0. The minimum absolute atomic E-state index is 0.362. The Morgan fingerprint density at radius 2 is 1.90 bits per heavy atom. The third-order valence-electron chi connectivity index (χ3n) is 4.36. The first kappa shape index (κ1) is 15.2. The number of nitrogens with zero attached hydrogens (tertiary/aromatic N) is 2. The molecule has 0 atom stereocenters. The molecule has 1 aliphatic rings. The Bertz CT molecular complexity index is 463. The van der Waals surface area contributed by atoms with Gasteiger partial charge in [-0.2, -0.15) is 0 Å². The number of nitrogens with two attached hydrogens (primary N) is 2. The Labute approximate surface area is 121 Å². The van der Waals surface area contributed by atoms with Gasteiger partial charge in [0.05, 0.1) is 0 Å². The summed E-state index contributed by atoms with van der Waals surface area (Å²) in [6, 6.07) is 0. The maximum Gasteiger partial charge on any atom is 0.162 e. The Morgan fingerprint density at radius 3 is 2.40 bits per heavy atom. The highest BCUT2D eigenvalue weighted by Crippen LogP contribution is 2.46. The van der Waals surface area contributed by atoms with Crippen molar-refractivity contribution in [1.82, 2.24) is 9.97 Å². The van der Waals surface area contributed by atoms with Crippen LogP contribution in [0.25, 0.3) is 0 Å². The van der Waals surface area contributed by atoms with Crippen LogP contribution >= 0.6 is 0 Å². The van der Waals surface area contributed by atoms with E-state index in [1.165, 1.54) is 0 Å². The van der Waals surface area contributed by atoms with Crippen LogP contribution in [0.15, 0.2) is 6.20 Å². The van der Waals surface area contributed by atoms with Gasteiger partial charge in [-0.25, -0.2) is 9.97 Å². The minimum Gasteiger partial charge on any atom is -0.383 e. The van der Waals surface area contributed by atoms with Gasteiger partial charge in [-0.3, -0.25) is 0 Å². The van der Waals surface area contributed by atoms with Crippen molar-refractivity contribution >= 4 is 5.82 Å². The number of hydrogen-bond donors (Lipinski definition) is 2. The summed E-state index contributed by atoms with van der Waals surface area (Å²) >= 11 is 0. The molecule has 1 saturated carbocycles. The average Bonchev–Trinajstić information content (AvgIpc) is 2.42. The average molecular weight is 278 g/mol. The molecule has 1 heterocycles. The molecule has 5 nitrogen and oxygen atoms in total. The fourth-order valence-electron chi connectivity index (χ4n) is 2.84. The lowest BCUT2D eigenvalue weighted by atomic mass is 9.70. The van der Waals surface area contributed by atoms with E-state index in [1.54, 1.807) is 6.20 Å². The Kier molecular flexibility index (Phi) is 4.30. The van der Waals surface area contributed by atoms with Crippen LogP contribution < -0.4 is 11.5 Å². The van der Waals surface area contributed by atoms with Gasteiger partial charge in [-0.1, -0.05) is 13.8 Å². The van der Waals surface area contributed by atoms with Gasteiger partial charge in [0.1, 0.15) is 11.4 Å². The third kappa shape index (κ3) is 2.94.